The van der Waals surface area contributed by atoms with E-state index in [1.165, 1.54) is 6.92 Å². The number of sulfonamides is 1. The van der Waals surface area contributed by atoms with Gasteiger partial charge < -0.3 is 10.0 Å². The van der Waals surface area contributed by atoms with Crippen molar-refractivity contribution in [3.05, 3.63) is 11.4 Å². The molecule has 1 saturated heterocycles. The Morgan fingerprint density at radius 2 is 2.10 bits per heavy atom. The van der Waals surface area contributed by atoms with Gasteiger partial charge in [0.15, 0.2) is 5.69 Å². The summed E-state index contributed by atoms with van der Waals surface area (Å²) >= 11 is 0. The Hall–Kier alpha value is -1.45. The molecule has 1 fully saturated rings. The van der Waals surface area contributed by atoms with E-state index in [1.807, 2.05) is 0 Å². The molecule has 0 aromatic carbocycles. The highest BCUT2D eigenvalue weighted by atomic mass is 32.2. The maximum Gasteiger partial charge on any atom is 0.357 e. The third kappa shape index (κ3) is 3.42. The van der Waals surface area contributed by atoms with Crippen molar-refractivity contribution >= 4 is 16.0 Å². The quantitative estimate of drug-likeness (QED) is 0.713. The number of carboxylic acids is 1. The predicted octanol–water partition coefficient (Wildman–Crippen LogP) is 0.179. The van der Waals surface area contributed by atoms with Gasteiger partial charge in [-0.1, -0.05) is 6.92 Å². The van der Waals surface area contributed by atoms with Gasteiger partial charge in [0.05, 0.1) is 5.69 Å². The van der Waals surface area contributed by atoms with E-state index in [0.717, 1.165) is 19.6 Å². The van der Waals surface area contributed by atoms with Crippen molar-refractivity contribution in [2.75, 3.05) is 19.6 Å². The van der Waals surface area contributed by atoms with Gasteiger partial charge in [-0.15, -0.1) is 0 Å². The molecule has 0 radical (unpaired) electrons. The molecular weight excluding hydrogens is 296 g/mol. The van der Waals surface area contributed by atoms with Crippen LogP contribution in [-0.4, -0.2) is 60.3 Å². The number of H-pyrrole nitrogens is 1. The number of nitrogens with zero attached hydrogens (tertiary/aromatic N) is 2. The minimum absolute atomic E-state index is 0.172. The summed E-state index contributed by atoms with van der Waals surface area (Å²) in [6, 6.07) is -0.172. The van der Waals surface area contributed by atoms with Crippen molar-refractivity contribution in [3.8, 4) is 0 Å². The molecule has 1 aliphatic heterocycles. The second kappa shape index (κ2) is 6.12. The minimum atomic E-state index is -3.89. The summed E-state index contributed by atoms with van der Waals surface area (Å²) in [6.07, 6.45) is 1.43. The number of aryl methyl sites for hydroxylation is 1. The third-order valence-corrected chi connectivity index (χ3v) is 5.40. The highest BCUT2D eigenvalue weighted by molar-refractivity contribution is 7.89. The van der Waals surface area contributed by atoms with Crippen molar-refractivity contribution in [1.29, 1.82) is 0 Å². The Kier molecular flexibility index (Phi) is 4.64. The van der Waals surface area contributed by atoms with Crippen LogP contribution in [0.1, 0.15) is 35.9 Å². The first kappa shape index (κ1) is 15.9. The van der Waals surface area contributed by atoms with Gasteiger partial charge in [-0.3, -0.25) is 5.10 Å². The summed E-state index contributed by atoms with van der Waals surface area (Å²) in [7, 11) is -3.89. The standard InChI is InChI=1S/C12H20N4O4S/c1-3-16-6-4-9(5-7-16)15-21(19,20)11-8(2)13-14-10(11)12(17)18/h9,15H,3-7H2,1-2H3,(H,13,14)(H,17,18). The van der Waals surface area contributed by atoms with E-state index in [0.29, 0.717) is 12.8 Å². The molecule has 0 bridgehead atoms. The van der Waals surface area contributed by atoms with Crippen LogP contribution in [0, 0.1) is 6.92 Å². The fraction of sp³-hybridized carbons (Fsp3) is 0.667. The maximum absolute atomic E-state index is 12.4. The molecule has 2 rings (SSSR count). The summed E-state index contributed by atoms with van der Waals surface area (Å²) in [6.45, 7) is 6.18. The Morgan fingerprint density at radius 1 is 1.48 bits per heavy atom. The Morgan fingerprint density at radius 3 is 2.62 bits per heavy atom. The lowest BCUT2D eigenvalue weighted by Crippen LogP contribution is -2.44. The monoisotopic (exact) mass is 316 g/mol. The molecule has 0 atom stereocenters. The number of nitrogens with one attached hydrogen (secondary N) is 2. The minimum Gasteiger partial charge on any atom is -0.476 e. The molecule has 2 heterocycles. The average Bonchev–Trinajstić information content (AvgIpc) is 2.82. The van der Waals surface area contributed by atoms with Gasteiger partial charge in [0.1, 0.15) is 4.90 Å². The molecule has 1 aromatic rings. The summed E-state index contributed by atoms with van der Waals surface area (Å²) in [5.41, 5.74) is -0.239. The molecule has 1 aromatic heterocycles. The van der Waals surface area contributed by atoms with Crippen molar-refractivity contribution in [2.24, 2.45) is 0 Å². The smallest absolute Gasteiger partial charge is 0.357 e. The van der Waals surface area contributed by atoms with Gasteiger partial charge in [-0.25, -0.2) is 17.9 Å². The molecule has 8 nitrogen and oxygen atoms in total. The van der Waals surface area contributed by atoms with Crippen LogP contribution in [0.25, 0.3) is 0 Å². The fourth-order valence-electron chi connectivity index (χ4n) is 2.54. The second-order valence-corrected chi connectivity index (χ2v) is 6.81. The lowest BCUT2D eigenvalue weighted by Gasteiger charge is -2.31. The van der Waals surface area contributed by atoms with Gasteiger partial charge in [0, 0.05) is 6.04 Å². The third-order valence-electron chi connectivity index (χ3n) is 3.72. The van der Waals surface area contributed by atoms with Gasteiger partial charge in [-0.2, -0.15) is 5.10 Å². The number of aromatic nitrogens is 2. The first-order valence-corrected chi connectivity index (χ1v) is 8.36. The lowest BCUT2D eigenvalue weighted by molar-refractivity contribution is 0.0686. The zero-order valence-electron chi connectivity index (χ0n) is 12.1. The van der Waals surface area contributed by atoms with Crippen LogP contribution in [0.3, 0.4) is 0 Å². The molecule has 0 unspecified atom stereocenters. The van der Waals surface area contributed by atoms with Gasteiger partial charge in [0.25, 0.3) is 0 Å². The number of carboxylic acid groups (broad SMARTS) is 1. The molecular formula is C12H20N4O4S. The van der Waals surface area contributed by atoms with Crippen LogP contribution in [0.4, 0.5) is 0 Å². The van der Waals surface area contributed by atoms with Crippen LogP contribution in [0.15, 0.2) is 4.90 Å². The van der Waals surface area contributed by atoms with Crippen molar-refractivity contribution in [2.45, 2.75) is 37.6 Å². The Balaban J connectivity index is 2.16. The van der Waals surface area contributed by atoms with Crippen LogP contribution in [0.2, 0.25) is 0 Å². The second-order valence-electron chi connectivity index (χ2n) is 5.16. The predicted molar refractivity (Wildman–Crippen MR) is 75.7 cm³/mol. The summed E-state index contributed by atoms with van der Waals surface area (Å²) in [4.78, 5) is 13.1. The average molecular weight is 316 g/mol. The van der Waals surface area contributed by atoms with E-state index in [1.54, 1.807) is 0 Å². The molecule has 9 heteroatoms. The lowest BCUT2D eigenvalue weighted by atomic mass is 10.1. The van der Waals surface area contributed by atoms with E-state index in [-0.39, 0.29) is 16.6 Å². The van der Waals surface area contributed by atoms with E-state index < -0.39 is 21.7 Å². The van der Waals surface area contributed by atoms with Gasteiger partial charge >= 0.3 is 5.97 Å². The molecule has 0 amide bonds. The van der Waals surface area contributed by atoms with Crippen LogP contribution < -0.4 is 4.72 Å². The number of hydrogen-bond acceptors (Lipinski definition) is 5. The number of hydrogen-bond donors (Lipinski definition) is 3. The number of likely N-dealkylation sites (tertiary alicyclic amines) is 1. The number of rotatable bonds is 5. The molecule has 0 aliphatic carbocycles. The Bertz CT molecular complexity index is 617. The van der Waals surface area contributed by atoms with Gasteiger partial charge in [-0.05, 0) is 39.4 Å². The van der Waals surface area contributed by atoms with E-state index in [2.05, 4.69) is 26.7 Å². The summed E-state index contributed by atoms with van der Waals surface area (Å²) in [5, 5.41) is 15.0. The SMILES string of the molecule is CCN1CCC(NS(=O)(=O)c2c(C(=O)O)n[nH]c2C)CC1. The highest BCUT2D eigenvalue weighted by Crippen LogP contribution is 2.20. The molecule has 3 N–H and O–H groups in total. The van der Waals surface area contributed by atoms with E-state index >= 15 is 0 Å². The number of aromatic amines is 1. The summed E-state index contributed by atoms with van der Waals surface area (Å²) < 4.78 is 27.4. The fourth-order valence-corrected chi connectivity index (χ4v) is 4.17. The van der Waals surface area contributed by atoms with Crippen molar-refractivity contribution in [3.63, 3.8) is 0 Å². The van der Waals surface area contributed by atoms with E-state index in [9.17, 15) is 13.2 Å². The highest BCUT2D eigenvalue weighted by Gasteiger charge is 2.31. The summed E-state index contributed by atoms with van der Waals surface area (Å²) in [5.74, 6) is -1.36. The first-order chi connectivity index (χ1) is 9.85. The molecule has 118 valence electrons. The zero-order valence-corrected chi connectivity index (χ0v) is 12.9. The number of carbonyl (C=O) groups is 1. The topological polar surface area (TPSA) is 115 Å². The van der Waals surface area contributed by atoms with E-state index in [4.69, 9.17) is 5.11 Å². The van der Waals surface area contributed by atoms with Crippen LogP contribution >= 0.6 is 0 Å². The Labute approximate surface area is 123 Å². The van der Waals surface area contributed by atoms with Crippen LogP contribution in [0.5, 0.6) is 0 Å². The normalized spacial score (nSPS) is 18.0. The molecule has 21 heavy (non-hydrogen) atoms. The first-order valence-electron chi connectivity index (χ1n) is 6.88. The number of aromatic carboxylic acids is 1. The van der Waals surface area contributed by atoms with Crippen LogP contribution in [-0.2, 0) is 10.0 Å². The largest absolute Gasteiger partial charge is 0.476 e. The van der Waals surface area contributed by atoms with Crippen molar-refractivity contribution < 1.29 is 18.3 Å². The van der Waals surface area contributed by atoms with Gasteiger partial charge in [0.2, 0.25) is 10.0 Å². The number of piperidine rings is 1. The maximum atomic E-state index is 12.4. The molecule has 0 saturated carbocycles. The van der Waals surface area contributed by atoms with Crippen molar-refractivity contribution in [1.82, 2.24) is 19.8 Å². The molecule has 0 spiro atoms. The molecule has 1 aliphatic rings. The zero-order chi connectivity index (χ0) is 15.6.